The van der Waals surface area contributed by atoms with E-state index in [1.54, 1.807) is 6.07 Å². The number of aromatic nitrogens is 3. The molecule has 0 aliphatic heterocycles. The summed E-state index contributed by atoms with van der Waals surface area (Å²) in [5, 5.41) is 9.12. The van der Waals surface area contributed by atoms with Gasteiger partial charge in [-0.15, -0.1) is 0 Å². The van der Waals surface area contributed by atoms with Crippen LogP contribution in [0.4, 0.5) is 14.9 Å². The Kier molecular flexibility index (Phi) is 7.32. The van der Waals surface area contributed by atoms with Crippen LogP contribution in [0.5, 0.6) is 0 Å². The highest BCUT2D eigenvalue weighted by molar-refractivity contribution is 6.29. The van der Waals surface area contributed by atoms with Crippen LogP contribution in [-0.2, 0) is 16.0 Å². The zero-order valence-corrected chi connectivity index (χ0v) is 19.1. The van der Waals surface area contributed by atoms with Gasteiger partial charge in [-0.3, -0.25) is 4.79 Å². The topological polar surface area (TPSA) is 119 Å². The second kappa shape index (κ2) is 10.7. The van der Waals surface area contributed by atoms with Crippen LogP contribution in [0.2, 0.25) is 5.15 Å². The number of aryl methyl sites for hydroxylation is 1. The Hall–Kier alpha value is -4.31. The van der Waals surface area contributed by atoms with Crippen molar-refractivity contribution in [3.63, 3.8) is 0 Å². The standard InChI is InChI=1S/C24H19ClFN5O4/c1-14-2-5-16(6-3-14)23-30-22(31-35-23)18-7-4-15(10-19(18)26)11-21(34-13-32)29-24(33)28-17-8-9-27-20(25)12-17/h2-10,12-13,21H,11H2,1H3,(H2,27,28,29,33). The number of carbonyl (C=O) groups is 2. The van der Waals surface area contributed by atoms with Crippen LogP contribution in [0, 0.1) is 12.7 Å². The number of halogens is 2. The Morgan fingerprint density at radius 2 is 2.00 bits per heavy atom. The molecule has 35 heavy (non-hydrogen) atoms. The fourth-order valence-electron chi connectivity index (χ4n) is 3.22. The molecule has 1 unspecified atom stereocenters. The molecule has 2 amide bonds. The highest BCUT2D eigenvalue weighted by Crippen LogP contribution is 2.25. The molecule has 1 atom stereocenters. The van der Waals surface area contributed by atoms with E-state index in [2.05, 4.69) is 25.8 Å². The summed E-state index contributed by atoms with van der Waals surface area (Å²) >= 11 is 5.80. The van der Waals surface area contributed by atoms with E-state index in [9.17, 15) is 14.0 Å². The third kappa shape index (κ3) is 6.18. The first-order valence-corrected chi connectivity index (χ1v) is 10.8. The molecule has 0 bridgehead atoms. The van der Waals surface area contributed by atoms with Crippen LogP contribution < -0.4 is 10.6 Å². The summed E-state index contributed by atoms with van der Waals surface area (Å²) in [5.41, 5.74) is 2.81. The number of anilines is 1. The minimum Gasteiger partial charge on any atom is -0.443 e. The maximum atomic E-state index is 14.9. The van der Waals surface area contributed by atoms with Gasteiger partial charge in [0.1, 0.15) is 11.0 Å². The molecule has 0 saturated heterocycles. The number of benzene rings is 2. The summed E-state index contributed by atoms with van der Waals surface area (Å²) in [7, 11) is 0. The molecule has 2 aromatic heterocycles. The van der Waals surface area contributed by atoms with Crippen molar-refractivity contribution >= 4 is 29.8 Å². The fraction of sp³-hybridized carbons (Fsp3) is 0.125. The molecule has 0 fully saturated rings. The molecule has 0 radical (unpaired) electrons. The lowest BCUT2D eigenvalue weighted by atomic mass is 10.1. The monoisotopic (exact) mass is 495 g/mol. The average Bonchev–Trinajstić information content (AvgIpc) is 3.29. The minimum atomic E-state index is -1.05. The number of hydrogen-bond acceptors (Lipinski definition) is 7. The molecule has 2 heterocycles. The number of nitrogens with one attached hydrogen (secondary N) is 2. The van der Waals surface area contributed by atoms with Crippen molar-refractivity contribution in [3.05, 3.63) is 82.9 Å². The number of carbonyl (C=O) groups excluding carboxylic acids is 2. The van der Waals surface area contributed by atoms with Gasteiger partial charge in [-0.25, -0.2) is 14.2 Å². The van der Waals surface area contributed by atoms with E-state index in [1.807, 2.05) is 31.2 Å². The zero-order chi connectivity index (χ0) is 24.8. The van der Waals surface area contributed by atoms with Gasteiger partial charge in [0.25, 0.3) is 12.4 Å². The van der Waals surface area contributed by atoms with Crippen LogP contribution in [0.25, 0.3) is 22.8 Å². The number of hydrogen-bond donors (Lipinski definition) is 2. The molecule has 0 aliphatic rings. The van der Waals surface area contributed by atoms with Crippen LogP contribution >= 0.6 is 11.6 Å². The van der Waals surface area contributed by atoms with Crippen LogP contribution in [0.3, 0.4) is 0 Å². The van der Waals surface area contributed by atoms with Crippen molar-refractivity contribution in [2.75, 3.05) is 5.32 Å². The van der Waals surface area contributed by atoms with Crippen molar-refractivity contribution in [3.8, 4) is 22.8 Å². The van der Waals surface area contributed by atoms with Crippen molar-refractivity contribution in [2.45, 2.75) is 19.6 Å². The van der Waals surface area contributed by atoms with Gasteiger partial charge >= 0.3 is 6.03 Å². The summed E-state index contributed by atoms with van der Waals surface area (Å²) in [6, 6.07) is 14.2. The van der Waals surface area contributed by atoms with Gasteiger partial charge < -0.3 is 19.9 Å². The number of pyridine rings is 1. The minimum absolute atomic E-state index is 0.0152. The number of ether oxygens (including phenoxy) is 1. The average molecular weight is 496 g/mol. The Morgan fingerprint density at radius 1 is 1.20 bits per heavy atom. The van der Waals surface area contributed by atoms with Crippen molar-refractivity contribution in [1.29, 1.82) is 0 Å². The smallest absolute Gasteiger partial charge is 0.322 e. The van der Waals surface area contributed by atoms with Gasteiger partial charge in [0.2, 0.25) is 5.82 Å². The van der Waals surface area contributed by atoms with Gasteiger partial charge in [0.15, 0.2) is 6.23 Å². The molecule has 0 aliphatic carbocycles. The maximum Gasteiger partial charge on any atom is 0.322 e. The van der Waals surface area contributed by atoms with E-state index < -0.39 is 18.1 Å². The maximum absolute atomic E-state index is 14.9. The Morgan fingerprint density at radius 3 is 2.71 bits per heavy atom. The molecule has 11 heteroatoms. The highest BCUT2D eigenvalue weighted by Gasteiger charge is 2.18. The Bertz CT molecular complexity index is 1350. The molecule has 2 N–H and O–H groups in total. The fourth-order valence-corrected chi connectivity index (χ4v) is 3.40. The predicted octanol–water partition coefficient (Wildman–Crippen LogP) is 4.76. The molecule has 0 spiro atoms. The summed E-state index contributed by atoms with van der Waals surface area (Å²) < 4.78 is 25.1. The molecule has 178 valence electrons. The van der Waals surface area contributed by atoms with Gasteiger partial charge in [-0.2, -0.15) is 4.98 Å². The third-order valence-corrected chi connectivity index (χ3v) is 5.12. The van der Waals surface area contributed by atoms with E-state index in [4.69, 9.17) is 20.9 Å². The third-order valence-electron chi connectivity index (χ3n) is 4.92. The van der Waals surface area contributed by atoms with E-state index in [1.165, 1.54) is 30.5 Å². The van der Waals surface area contributed by atoms with Gasteiger partial charge in [-0.05, 0) is 48.9 Å². The van der Waals surface area contributed by atoms with Gasteiger partial charge in [0.05, 0.1) is 5.56 Å². The van der Waals surface area contributed by atoms with Crippen LogP contribution in [-0.4, -0.2) is 33.9 Å². The molecule has 4 aromatic rings. The Balaban J connectivity index is 1.44. The molecule has 0 saturated carbocycles. The molecular formula is C24H19ClFN5O4. The van der Waals surface area contributed by atoms with Crippen LogP contribution in [0.1, 0.15) is 11.1 Å². The number of amides is 2. The summed E-state index contributed by atoms with van der Waals surface area (Å²) in [6.45, 7) is 2.16. The number of urea groups is 1. The van der Waals surface area contributed by atoms with Crippen LogP contribution in [0.15, 0.2) is 65.3 Å². The first-order valence-electron chi connectivity index (χ1n) is 10.4. The normalized spacial score (nSPS) is 11.5. The summed E-state index contributed by atoms with van der Waals surface area (Å²) in [6.07, 6.45) is 0.393. The lowest BCUT2D eigenvalue weighted by molar-refractivity contribution is -0.134. The van der Waals surface area contributed by atoms with E-state index in [0.29, 0.717) is 11.3 Å². The summed E-state index contributed by atoms with van der Waals surface area (Å²) in [5.74, 6) is -0.230. The number of nitrogens with zero attached hydrogens (tertiary/aromatic N) is 3. The van der Waals surface area contributed by atoms with E-state index >= 15 is 0 Å². The highest BCUT2D eigenvalue weighted by atomic mass is 35.5. The van der Waals surface area contributed by atoms with Crippen molar-refractivity contribution in [1.82, 2.24) is 20.4 Å². The largest absolute Gasteiger partial charge is 0.443 e. The molecule has 4 rings (SSSR count). The first kappa shape index (κ1) is 23.8. The molecule has 2 aromatic carbocycles. The van der Waals surface area contributed by atoms with Crippen molar-refractivity contribution in [2.24, 2.45) is 0 Å². The van der Waals surface area contributed by atoms with E-state index in [-0.39, 0.29) is 35.3 Å². The summed E-state index contributed by atoms with van der Waals surface area (Å²) in [4.78, 5) is 31.3. The molecule has 9 nitrogen and oxygen atoms in total. The van der Waals surface area contributed by atoms with Gasteiger partial charge in [0, 0.05) is 23.9 Å². The van der Waals surface area contributed by atoms with E-state index in [0.717, 1.165) is 11.1 Å². The zero-order valence-electron chi connectivity index (χ0n) is 18.4. The lowest BCUT2D eigenvalue weighted by Crippen LogP contribution is -2.41. The number of rotatable bonds is 8. The second-order valence-electron chi connectivity index (χ2n) is 7.49. The molecular weight excluding hydrogens is 477 g/mol. The first-order chi connectivity index (χ1) is 16.9. The quantitative estimate of drug-likeness (QED) is 0.205. The van der Waals surface area contributed by atoms with Crippen molar-refractivity contribution < 1.29 is 23.2 Å². The predicted molar refractivity (Wildman–Crippen MR) is 126 cm³/mol. The SMILES string of the molecule is Cc1ccc(-c2nc(-c3ccc(CC(NC(=O)Nc4ccnc(Cl)c4)OC=O)cc3F)no2)cc1. The lowest BCUT2D eigenvalue weighted by Gasteiger charge is -2.17. The second-order valence-corrected chi connectivity index (χ2v) is 7.88. The van der Waals surface area contributed by atoms with Gasteiger partial charge in [-0.1, -0.05) is 40.5 Å². The Labute approximate surface area is 204 Å².